The van der Waals surface area contributed by atoms with Crippen LogP contribution in [0.2, 0.25) is 0 Å². The minimum absolute atomic E-state index is 0.325. The van der Waals surface area contributed by atoms with Crippen molar-refractivity contribution in [2.45, 2.75) is 212 Å². The summed E-state index contributed by atoms with van der Waals surface area (Å²) in [6.07, 6.45) is 5.62. The highest BCUT2D eigenvalue weighted by molar-refractivity contribution is 5.91. The number of rotatable bonds is 4. The molecule has 0 atom stereocenters. The summed E-state index contributed by atoms with van der Waals surface area (Å²) in [7, 11) is 0. The number of carbonyl (C=O) groups is 1. The van der Waals surface area contributed by atoms with Crippen LogP contribution in [-0.2, 0) is 0 Å². The fourth-order valence-corrected chi connectivity index (χ4v) is 7.51. The molecule has 8 aromatic carbocycles. The monoisotopic (exact) mass is 1100 g/mol. The maximum absolute atomic E-state index is 11.8. The fourth-order valence-electron chi connectivity index (χ4n) is 7.51. The van der Waals surface area contributed by atoms with Gasteiger partial charge in [-0.05, 0) is 139 Å². The molecule has 0 unspecified atom stereocenters. The molecule has 0 aliphatic heterocycles. The molecule has 1 saturated carbocycles. The third-order valence-corrected chi connectivity index (χ3v) is 11.9. The predicted octanol–water partition coefficient (Wildman–Crippen LogP) is 25.8. The Kier molecular flexibility index (Phi) is 52.8. The lowest BCUT2D eigenvalue weighted by molar-refractivity contribution is 0.0734. The molecule has 0 aromatic heterocycles. The molecule has 0 radical (unpaired) electrons. The van der Waals surface area contributed by atoms with Crippen molar-refractivity contribution < 1.29 is 9.53 Å². The Labute approximate surface area is 501 Å². The van der Waals surface area contributed by atoms with Crippen LogP contribution < -0.4 is 4.74 Å². The Bertz CT molecular complexity index is 2520. The van der Waals surface area contributed by atoms with Crippen molar-refractivity contribution in [2.24, 2.45) is 5.92 Å². The highest BCUT2D eigenvalue weighted by Gasteiger charge is 2.19. The minimum atomic E-state index is -0.325. The van der Waals surface area contributed by atoms with E-state index in [2.05, 4.69) is 189 Å². The number of ether oxygens (including phenoxy) is 1. The van der Waals surface area contributed by atoms with Gasteiger partial charge in [0.15, 0.2) is 0 Å². The van der Waals surface area contributed by atoms with Crippen LogP contribution >= 0.6 is 0 Å². The summed E-state index contributed by atoms with van der Waals surface area (Å²) in [5.74, 6) is 2.04. The molecule has 446 valence electrons. The van der Waals surface area contributed by atoms with Gasteiger partial charge in [-0.15, -0.1) is 0 Å². The van der Waals surface area contributed by atoms with Crippen molar-refractivity contribution in [3.05, 3.63) is 243 Å². The standard InChI is InChI=1S/C15H14O2.C14H20.C14H14.C12H12.C8H10.8C2H6/c1-11-3-7-13(8-4-11)15(16)17-14-9-5-12(2)6-10-14;2*1-11-3-7-13(8-4-11)14-9-5-12(2)6-10-14;1-9-3-5-12-8-10(2)4-6-11(12)7-9;1-7-3-5-8(2)6-4-7;8*1-2/h3-10H,1-2H3;3-4,7-8,12,14H,5-6,9-10H2,1-2H3;3-10H,1-2H3;3-8H,1-2H3;3-6H,1-2H3;8*1-2H3. The van der Waals surface area contributed by atoms with E-state index in [1.807, 2.05) is 149 Å². The quantitative estimate of drug-likeness (QED) is 0.130. The van der Waals surface area contributed by atoms with Crippen LogP contribution in [0.15, 0.2) is 182 Å². The smallest absolute Gasteiger partial charge is 0.343 e. The maximum Gasteiger partial charge on any atom is 0.343 e. The van der Waals surface area contributed by atoms with E-state index < -0.39 is 0 Å². The number of aryl methyl sites for hydroxylation is 9. The second-order valence-electron chi connectivity index (χ2n) is 18.2. The molecule has 0 bridgehead atoms. The maximum atomic E-state index is 11.8. The van der Waals surface area contributed by atoms with E-state index >= 15 is 0 Å². The molecule has 0 saturated heterocycles. The summed E-state index contributed by atoms with van der Waals surface area (Å²) < 4.78 is 5.26. The number of benzene rings is 8. The van der Waals surface area contributed by atoms with Gasteiger partial charge < -0.3 is 4.74 Å². The number of hydrogen-bond donors (Lipinski definition) is 0. The average molecular weight is 1100 g/mol. The second kappa shape index (κ2) is 52.8. The molecular weight excluding hydrogens is 981 g/mol. The Balaban J connectivity index is -0.000000434. The van der Waals surface area contributed by atoms with E-state index in [0.29, 0.717) is 11.3 Å². The third-order valence-electron chi connectivity index (χ3n) is 11.9. The van der Waals surface area contributed by atoms with E-state index in [1.165, 1.54) is 86.5 Å². The van der Waals surface area contributed by atoms with E-state index in [9.17, 15) is 4.79 Å². The molecule has 1 aliphatic rings. The molecule has 9 rings (SSSR count). The van der Waals surface area contributed by atoms with Gasteiger partial charge in [-0.3, -0.25) is 0 Å². The molecular formula is C79H118O2. The van der Waals surface area contributed by atoms with Gasteiger partial charge in [0.2, 0.25) is 0 Å². The topological polar surface area (TPSA) is 26.3 Å². The molecule has 0 heterocycles. The molecule has 2 heteroatoms. The predicted molar refractivity (Wildman–Crippen MR) is 370 cm³/mol. The summed E-state index contributed by atoms with van der Waals surface area (Å²) >= 11 is 0. The van der Waals surface area contributed by atoms with Crippen molar-refractivity contribution in [3.8, 4) is 16.9 Å². The first-order valence-corrected chi connectivity index (χ1v) is 31.3. The van der Waals surface area contributed by atoms with Crippen molar-refractivity contribution in [3.63, 3.8) is 0 Å². The van der Waals surface area contributed by atoms with Crippen LogP contribution in [0.1, 0.15) is 215 Å². The first-order chi connectivity index (χ1) is 39.2. The van der Waals surface area contributed by atoms with Gasteiger partial charge in [-0.25, -0.2) is 4.79 Å². The Morgan fingerprint density at radius 3 is 0.864 bits per heavy atom. The van der Waals surface area contributed by atoms with Crippen LogP contribution in [-0.4, -0.2) is 5.97 Å². The molecule has 1 aliphatic carbocycles. The SMILES string of the molecule is CC.CC.CC.CC.CC.CC.CC.CC.Cc1ccc(-c2ccc(C)cc2)cc1.Cc1ccc(C)cc1.Cc1ccc(C2CCC(C)CC2)cc1.Cc1ccc(OC(=O)c2ccc(C)cc2)cc1.Cc1ccc2cc(C)ccc2c1. The summed E-state index contributed by atoms with van der Waals surface area (Å²) in [4.78, 5) is 11.8. The second-order valence-corrected chi connectivity index (χ2v) is 18.2. The number of hydrogen-bond acceptors (Lipinski definition) is 2. The largest absolute Gasteiger partial charge is 0.423 e. The molecule has 2 nitrogen and oxygen atoms in total. The minimum Gasteiger partial charge on any atom is -0.423 e. The van der Waals surface area contributed by atoms with Gasteiger partial charge in [0.1, 0.15) is 5.75 Å². The Morgan fingerprint density at radius 1 is 0.309 bits per heavy atom. The number of carbonyl (C=O) groups excluding carboxylic acids is 1. The van der Waals surface area contributed by atoms with Crippen molar-refractivity contribution >= 4 is 16.7 Å². The normalized spacial score (nSPS) is 11.7. The number of esters is 1. The fraction of sp³-hybridized carbons (Fsp3) is 0.405. The van der Waals surface area contributed by atoms with Gasteiger partial charge in [0, 0.05) is 0 Å². The molecule has 0 amide bonds. The highest BCUT2D eigenvalue weighted by atomic mass is 16.5. The summed E-state index contributed by atoms with van der Waals surface area (Å²) in [5, 5.41) is 2.67. The summed E-state index contributed by atoms with van der Waals surface area (Å²) in [6.45, 7) is 53.2. The zero-order valence-electron chi connectivity index (χ0n) is 56.6. The lowest BCUT2D eigenvalue weighted by atomic mass is 9.79. The molecule has 81 heavy (non-hydrogen) atoms. The van der Waals surface area contributed by atoms with E-state index in [1.54, 1.807) is 29.8 Å². The van der Waals surface area contributed by atoms with Crippen LogP contribution in [0, 0.1) is 68.2 Å². The van der Waals surface area contributed by atoms with E-state index in [4.69, 9.17) is 4.74 Å². The van der Waals surface area contributed by atoms with Crippen LogP contribution in [0.4, 0.5) is 0 Å². The molecule has 0 spiro atoms. The van der Waals surface area contributed by atoms with E-state index in [-0.39, 0.29) is 5.97 Å². The van der Waals surface area contributed by atoms with Gasteiger partial charge in [0.05, 0.1) is 5.56 Å². The number of fused-ring (bicyclic) bond motifs is 1. The van der Waals surface area contributed by atoms with Crippen LogP contribution in [0.25, 0.3) is 21.9 Å². The zero-order chi connectivity index (χ0) is 62.7. The zero-order valence-corrected chi connectivity index (χ0v) is 56.6. The Morgan fingerprint density at radius 2 is 0.556 bits per heavy atom. The van der Waals surface area contributed by atoms with Gasteiger partial charge in [-0.2, -0.15) is 0 Å². The first kappa shape index (κ1) is 81.0. The van der Waals surface area contributed by atoms with Crippen molar-refractivity contribution in [1.29, 1.82) is 0 Å². The third kappa shape index (κ3) is 36.5. The van der Waals surface area contributed by atoms with Crippen LogP contribution in [0.5, 0.6) is 5.75 Å². The molecule has 8 aromatic rings. The summed E-state index contributed by atoms with van der Waals surface area (Å²) in [5.41, 5.74) is 16.3. The van der Waals surface area contributed by atoms with Gasteiger partial charge in [-0.1, -0.05) is 338 Å². The lowest BCUT2D eigenvalue weighted by Gasteiger charge is -2.26. The summed E-state index contributed by atoms with van der Waals surface area (Å²) in [6, 6.07) is 62.7. The van der Waals surface area contributed by atoms with Crippen molar-refractivity contribution in [1.82, 2.24) is 0 Å². The first-order valence-electron chi connectivity index (χ1n) is 31.3. The molecule has 0 N–H and O–H groups in total. The average Bonchev–Trinajstić information content (AvgIpc) is 3.52. The van der Waals surface area contributed by atoms with Crippen LogP contribution in [0.3, 0.4) is 0 Å². The molecule has 1 fully saturated rings. The van der Waals surface area contributed by atoms with Gasteiger partial charge >= 0.3 is 5.97 Å². The lowest BCUT2D eigenvalue weighted by Crippen LogP contribution is -2.10. The Hall–Kier alpha value is -6.51. The van der Waals surface area contributed by atoms with Gasteiger partial charge in [0.25, 0.3) is 0 Å². The van der Waals surface area contributed by atoms with Crippen molar-refractivity contribution in [2.75, 3.05) is 0 Å². The highest BCUT2D eigenvalue weighted by Crippen LogP contribution is 2.35. The van der Waals surface area contributed by atoms with E-state index in [0.717, 1.165) is 23.0 Å².